The van der Waals surface area contributed by atoms with E-state index in [0.29, 0.717) is 12.6 Å². The summed E-state index contributed by atoms with van der Waals surface area (Å²) in [4.78, 5) is 19.2. The van der Waals surface area contributed by atoms with Crippen molar-refractivity contribution in [3.05, 3.63) is 52.0 Å². The molecule has 0 atom stereocenters. The van der Waals surface area contributed by atoms with Gasteiger partial charge in [-0.2, -0.15) is 0 Å². The van der Waals surface area contributed by atoms with Crippen molar-refractivity contribution >= 4 is 21.8 Å². The lowest BCUT2D eigenvalue weighted by molar-refractivity contribution is 0.0722. The Morgan fingerprint density at radius 3 is 3.05 bits per heavy atom. The second kappa shape index (κ2) is 4.98. The molecule has 1 aliphatic heterocycles. The van der Waals surface area contributed by atoms with Gasteiger partial charge in [0.05, 0.1) is 0 Å². The van der Waals surface area contributed by atoms with Crippen LogP contribution >= 0.6 is 15.9 Å². The number of nitrogens with zero attached hydrogens (tertiary/aromatic N) is 3. The Morgan fingerprint density at radius 2 is 2.24 bits per heavy atom. The lowest BCUT2D eigenvalue weighted by atomic mass is 10.1. The van der Waals surface area contributed by atoms with Gasteiger partial charge in [0.25, 0.3) is 5.91 Å². The van der Waals surface area contributed by atoms with Crippen LogP contribution in [-0.4, -0.2) is 26.9 Å². The van der Waals surface area contributed by atoms with E-state index in [9.17, 15) is 4.79 Å². The number of carbonyl (C=O) groups is 1. The summed E-state index contributed by atoms with van der Waals surface area (Å²) in [7, 11) is 0. The predicted octanol–water partition coefficient (Wildman–Crippen LogP) is 3.18. The normalized spacial score (nSPS) is 17.7. The van der Waals surface area contributed by atoms with Crippen LogP contribution in [0.2, 0.25) is 0 Å². The van der Waals surface area contributed by atoms with Crippen LogP contribution in [0.1, 0.15) is 40.6 Å². The molecule has 0 radical (unpaired) electrons. The van der Waals surface area contributed by atoms with Crippen molar-refractivity contribution < 1.29 is 4.79 Å². The Morgan fingerprint density at radius 1 is 1.38 bits per heavy atom. The Bertz CT molecular complexity index is 705. The van der Waals surface area contributed by atoms with Crippen molar-refractivity contribution in [1.82, 2.24) is 14.5 Å². The summed E-state index contributed by atoms with van der Waals surface area (Å²) in [5.74, 6) is 0.127. The van der Waals surface area contributed by atoms with Gasteiger partial charge < -0.3 is 9.47 Å². The van der Waals surface area contributed by atoms with Gasteiger partial charge in [-0.15, -0.1) is 0 Å². The summed E-state index contributed by atoms with van der Waals surface area (Å²) in [6.45, 7) is 1.41. The summed E-state index contributed by atoms with van der Waals surface area (Å²) in [5, 5.41) is 0. The molecule has 21 heavy (non-hydrogen) atoms. The number of carbonyl (C=O) groups excluding carboxylic acids is 1. The third kappa shape index (κ3) is 2.39. The minimum absolute atomic E-state index is 0.127. The average molecular weight is 346 g/mol. The highest BCUT2D eigenvalue weighted by Gasteiger charge is 2.30. The van der Waals surface area contributed by atoms with Crippen molar-refractivity contribution in [3.8, 4) is 0 Å². The van der Waals surface area contributed by atoms with Crippen molar-refractivity contribution in [2.24, 2.45) is 0 Å². The zero-order chi connectivity index (χ0) is 14.4. The van der Waals surface area contributed by atoms with E-state index in [1.165, 1.54) is 18.4 Å². The largest absolute Gasteiger partial charge is 0.339 e. The molecule has 2 aliphatic rings. The fourth-order valence-electron chi connectivity index (χ4n) is 2.97. The van der Waals surface area contributed by atoms with E-state index < -0.39 is 0 Å². The first-order valence-electron chi connectivity index (χ1n) is 7.32. The molecular weight excluding hydrogens is 330 g/mol. The second-order valence-electron chi connectivity index (χ2n) is 5.77. The Hall–Kier alpha value is -1.62. The molecule has 3 heterocycles. The van der Waals surface area contributed by atoms with Crippen LogP contribution in [-0.2, 0) is 13.0 Å². The monoisotopic (exact) mass is 345 g/mol. The molecule has 4 rings (SSSR count). The van der Waals surface area contributed by atoms with Gasteiger partial charge in [-0.25, -0.2) is 0 Å². The maximum absolute atomic E-state index is 12.8. The maximum Gasteiger partial charge on any atom is 0.270 e. The summed E-state index contributed by atoms with van der Waals surface area (Å²) in [6.07, 6.45) is 7.05. The lowest BCUT2D eigenvalue weighted by Gasteiger charge is -2.28. The van der Waals surface area contributed by atoms with E-state index in [1.54, 1.807) is 0 Å². The highest BCUT2D eigenvalue weighted by atomic mass is 79.9. The number of aromatic nitrogens is 2. The Kier molecular flexibility index (Phi) is 3.10. The average Bonchev–Trinajstić information content (AvgIpc) is 3.28. The van der Waals surface area contributed by atoms with E-state index in [0.717, 1.165) is 28.8 Å². The fourth-order valence-corrected chi connectivity index (χ4v) is 3.41. The minimum Gasteiger partial charge on any atom is -0.339 e. The van der Waals surface area contributed by atoms with Crippen LogP contribution in [0.5, 0.6) is 0 Å². The molecule has 0 bridgehead atoms. The quantitative estimate of drug-likeness (QED) is 0.838. The van der Waals surface area contributed by atoms with E-state index in [4.69, 9.17) is 0 Å². The second-order valence-corrected chi connectivity index (χ2v) is 6.68. The van der Waals surface area contributed by atoms with Gasteiger partial charge in [0.1, 0.15) is 5.69 Å². The van der Waals surface area contributed by atoms with Crippen molar-refractivity contribution in [2.45, 2.75) is 31.8 Å². The van der Waals surface area contributed by atoms with Crippen molar-refractivity contribution in [3.63, 3.8) is 0 Å². The van der Waals surface area contributed by atoms with Crippen molar-refractivity contribution in [2.75, 3.05) is 6.54 Å². The molecule has 1 fully saturated rings. The van der Waals surface area contributed by atoms with E-state index in [2.05, 4.69) is 31.5 Å². The SMILES string of the molecule is O=C(c1cc(Br)cn1C1CC1)N1CCc2ncccc2C1. The minimum atomic E-state index is 0.127. The standard InChI is InChI=1S/C16H16BrN3O/c17-12-8-15(20(10-12)13-3-4-13)16(21)19-7-5-14-11(9-19)2-1-6-18-14/h1-2,6,8,10,13H,3-5,7,9H2. The van der Waals surface area contributed by atoms with E-state index in [-0.39, 0.29) is 5.91 Å². The van der Waals surface area contributed by atoms with Crippen LogP contribution in [0.25, 0.3) is 0 Å². The van der Waals surface area contributed by atoms with Gasteiger partial charge in [0.2, 0.25) is 0 Å². The Balaban J connectivity index is 1.61. The topological polar surface area (TPSA) is 38.1 Å². The van der Waals surface area contributed by atoms with Crippen LogP contribution in [0, 0.1) is 0 Å². The highest BCUT2D eigenvalue weighted by Crippen LogP contribution is 2.38. The van der Waals surface area contributed by atoms with Gasteiger partial charge in [0.15, 0.2) is 0 Å². The molecule has 2 aromatic heterocycles. The molecule has 2 aromatic rings. The molecule has 0 N–H and O–H groups in total. The molecule has 1 saturated carbocycles. The number of pyridine rings is 1. The molecule has 5 heteroatoms. The predicted molar refractivity (Wildman–Crippen MR) is 83.1 cm³/mol. The molecule has 4 nitrogen and oxygen atoms in total. The molecule has 0 aromatic carbocycles. The highest BCUT2D eigenvalue weighted by molar-refractivity contribution is 9.10. The number of rotatable bonds is 2. The summed E-state index contributed by atoms with van der Waals surface area (Å²) >= 11 is 3.50. The van der Waals surface area contributed by atoms with Crippen LogP contribution in [0.4, 0.5) is 0 Å². The molecular formula is C16H16BrN3O. The summed E-state index contributed by atoms with van der Waals surface area (Å²) in [6, 6.07) is 6.46. The van der Waals surface area contributed by atoms with Crippen molar-refractivity contribution in [1.29, 1.82) is 0 Å². The van der Waals surface area contributed by atoms with E-state index in [1.807, 2.05) is 29.4 Å². The lowest BCUT2D eigenvalue weighted by Crippen LogP contribution is -2.37. The third-order valence-electron chi connectivity index (χ3n) is 4.23. The van der Waals surface area contributed by atoms with E-state index >= 15 is 0 Å². The Labute approximate surface area is 131 Å². The van der Waals surface area contributed by atoms with Gasteiger partial charge in [-0.05, 0) is 46.5 Å². The summed E-state index contributed by atoms with van der Waals surface area (Å²) < 4.78 is 3.11. The third-order valence-corrected chi connectivity index (χ3v) is 4.66. The molecule has 1 amide bonds. The van der Waals surface area contributed by atoms with Crippen LogP contribution in [0.3, 0.4) is 0 Å². The molecule has 108 valence electrons. The zero-order valence-corrected chi connectivity index (χ0v) is 13.2. The van der Waals surface area contributed by atoms with Crippen LogP contribution in [0.15, 0.2) is 35.1 Å². The smallest absolute Gasteiger partial charge is 0.270 e. The number of hydrogen-bond donors (Lipinski definition) is 0. The number of halogens is 1. The van der Waals surface area contributed by atoms with Gasteiger partial charge >= 0.3 is 0 Å². The zero-order valence-electron chi connectivity index (χ0n) is 11.6. The van der Waals surface area contributed by atoms with Crippen LogP contribution < -0.4 is 0 Å². The molecule has 1 aliphatic carbocycles. The molecule has 0 unspecified atom stereocenters. The molecule has 0 saturated heterocycles. The molecule has 0 spiro atoms. The van der Waals surface area contributed by atoms with Gasteiger partial charge in [-0.3, -0.25) is 9.78 Å². The first kappa shape index (κ1) is 13.1. The van der Waals surface area contributed by atoms with Gasteiger partial charge in [0, 0.05) is 48.1 Å². The summed E-state index contributed by atoms with van der Waals surface area (Å²) in [5.41, 5.74) is 3.10. The first-order chi connectivity index (χ1) is 10.2. The number of amides is 1. The first-order valence-corrected chi connectivity index (χ1v) is 8.11. The number of hydrogen-bond acceptors (Lipinski definition) is 2. The van der Waals surface area contributed by atoms with Gasteiger partial charge in [-0.1, -0.05) is 6.07 Å². The number of fused-ring (bicyclic) bond motifs is 1. The fraction of sp³-hybridized carbons (Fsp3) is 0.375. The maximum atomic E-state index is 12.8.